The average Bonchev–Trinajstić information content (AvgIpc) is 3.15. The number of hydrogen-bond acceptors (Lipinski definition) is 4. The minimum atomic E-state index is -0.275. The standard InChI is InChI=1S/C20H19FN2OS2/c1-14(15-8-10-17(21)11-9-15)23(2)19(24)13-26-20-22-18(12-25-20)16-6-4-3-5-7-16/h3-12,14H,13H2,1-2H3. The lowest BCUT2D eigenvalue weighted by Crippen LogP contribution is -2.31. The first-order chi connectivity index (χ1) is 12.5. The Morgan fingerprint density at radius 3 is 2.58 bits per heavy atom. The SMILES string of the molecule is CC(c1ccc(F)cc1)N(C)C(=O)CSc1nc(-c2ccccc2)cs1. The zero-order chi connectivity index (χ0) is 18.5. The highest BCUT2D eigenvalue weighted by molar-refractivity contribution is 8.01. The van der Waals surface area contributed by atoms with Crippen molar-refractivity contribution in [3.8, 4) is 11.3 Å². The maximum Gasteiger partial charge on any atom is 0.233 e. The van der Waals surface area contributed by atoms with Crippen molar-refractivity contribution in [2.75, 3.05) is 12.8 Å². The van der Waals surface area contributed by atoms with Crippen LogP contribution < -0.4 is 0 Å². The van der Waals surface area contributed by atoms with Crippen molar-refractivity contribution < 1.29 is 9.18 Å². The quantitative estimate of drug-likeness (QED) is 0.542. The number of halogens is 1. The summed E-state index contributed by atoms with van der Waals surface area (Å²) in [7, 11) is 1.77. The van der Waals surface area contributed by atoms with E-state index >= 15 is 0 Å². The van der Waals surface area contributed by atoms with Crippen molar-refractivity contribution in [1.82, 2.24) is 9.88 Å². The first-order valence-electron chi connectivity index (χ1n) is 8.19. The Kier molecular flexibility index (Phi) is 6.06. The molecule has 0 bridgehead atoms. The topological polar surface area (TPSA) is 33.2 Å². The van der Waals surface area contributed by atoms with Crippen LogP contribution in [0.15, 0.2) is 64.3 Å². The van der Waals surface area contributed by atoms with Gasteiger partial charge in [0.15, 0.2) is 4.34 Å². The number of nitrogens with zero attached hydrogens (tertiary/aromatic N) is 2. The molecule has 26 heavy (non-hydrogen) atoms. The minimum Gasteiger partial charge on any atom is -0.338 e. The first kappa shape index (κ1) is 18.6. The Bertz CT molecular complexity index is 865. The molecule has 3 rings (SSSR count). The Hall–Kier alpha value is -2.18. The summed E-state index contributed by atoms with van der Waals surface area (Å²) < 4.78 is 13.9. The summed E-state index contributed by atoms with van der Waals surface area (Å²) in [4.78, 5) is 18.8. The number of thioether (sulfide) groups is 1. The summed E-state index contributed by atoms with van der Waals surface area (Å²) in [5, 5.41) is 2.01. The largest absolute Gasteiger partial charge is 0.338 e. The van der Waals surface area contributed by atoms with Crippen molar-refractivity contribution in [3.05, 3.63) is 71.4 Å². The molecule has 1 heterocycles. The highest BCUT2D eigenvalue weighted by atomic mass is 32.2. The monoisotopic (exact) mass is 386 g/mol. The molecule has 0 aliphatic carbocycles. The van der Waals surface area contributed by atoms with E-state index in [-0.39, 0.29) is 17.8 Å². The fraction of sp³-hybridized carbons (Fsp3) is 0.200. The molecule has 0 saturated heterocycles. The first-order valence-corrected chi connectivity index (χ1v) is 10.1. The highest BCUT2D eigenvalue weighted by Gasteiger charge is 2.18. The molecule has 0 N–H and O–H groups in total. The fourth-order valence-corrected chi connectivity index (χ4v) is 4.23. The zero-order valence-corrected chi connectivity index (χ0v) is 16.2. The van der Waals surface area contributed by atoms with Crippen LogP contribution in [-0.2, 0) is 4.79 Å². The van der Waals surface area contributed by atoms with Gasteiger partial charge in [-0.25, -0.2) is 9.37 Å². The Labute approximate surface area is 160 Å². The summed E-state index contributed by atoms with van der Waals surface area (Å²) >= 11 is 2.99. The van der Waals surface area contributed by atoms with Crippen molar-refractivity contribution in [2.24, 2.45) is 0 Å². The molecule has 1 amide bonds. The van der Waals surface area contributed by atoms with Gasteiger partial charge in [0.25, 0.3) is 0 Å². The summed E-state index contributed by atoms with van der Waals surface area (Å²) in [6.07, 6.45) is 0. The molecular formula is C20H19FN2OS2. The van der Waals surface area contributed by atoms with Crippen molar-refractivity contribution in [2.45, 2.75) is 17.3 Å². The molecule has 3 aromatic rings. The van der Waals surface area contributed by atoms with Gasteiger partial charge < -0.3 is 4.90 Å². The summed E-state index contributed by atoms with van der Waals surface area (Å²) in [5.41, 5.74) is 2.91. The third-order valence-electron chi connectivity index (χ3n) is 4.20. The number of hydrogen-bond donors (Lipinski definition) is 0. The summed E-state index contributed by atoms with van der Waals surface area (Å²) in [6.45, 7) is 1.94. The number of aromatic nitrogens is 1. The van der Waals surface area contributed by atoms with Gasteiger partial charge in [-0.15, -0.1) is 11.3 Å². The van der Waals surface area contributed by atoms with Crippen LogP contribution in [0.1, 0.15) is 18.5 Å². The lowest BCUT2D eigenvalue weighted by molar-refractivity contribution is -0.128. The zero-order valence-electron chi connectivity index (χ0n) is 14.6. The van der Waals surface area contributed by atoms with Crippen molar-refractivity contribution in [3.63, 3.8) is 0 Å². The molecule has 6 heteroatoms. The van der Waals surface area contributed by atoms with E-state index in [1.54, 1.807) is 35.4 Å². The lowest BCUT2D eigenvalue weighted by atomic mass is 10.1. The van der Waals surface area contributed by atoms with Crippen molar-refractivity contribution in [1.29, 1.82) is 0 Å². The van der Waals surface area contributed by atoms with Crippen LogP contribution in [0.3, 0.4) is 0 Å². The molecule has 1 aromatic heterocycles. The van der Waals surface area contributed by atoms with Crippen LogP contribution in [-0.4, -0.2) is 28.6 Å². The van der Waals surface area contributed by atoms with Gasteiger partial charge in [0.1, 0.15) is 5.82 Å². The molecule has 2 aromatic carbocycles. The minimum absolute atomic E-state index is 0.0169. The number of carbonyl (C=O) groups excluding carboxylic acids is 1. The summed E-state index contributed by atoms with van der Waals surface area (Å²) in [5.74, 6) is 0.0656. The van der Waals surface area contributed by atoms with Gasteiger partial charge in [-0.05, 0) is 24.6 Å². The second kappa shape index (κ2) is 8.47. The highest BCUT2D eigenvalue weighted by Crippen LogP contribution is 2.29. The second-order valence-electron chi connectivity index (χ2n) is 5.89. The van der Waals surface area contributed by atoms with E-state index in [9.17, 15) is 9.18 Å². The van der Waals surface area contributed by atoms with E-state index in [1.165, 1.54) is 23.9 Å². The average molecular weight is 387 g/mol. The van der Waals surface area contributed by atoms with Crippen LogP contribution >= 0.6 is 23.1 Å². The molecule has 0 saturated carbocycles. The van der Waals surface area contributed by atoms with Gasteiger partial charge in [0.05, 0.1) is 17.5 Å². The molecule has 0 fully saturated rings. The van der Waals surface area contributed by atoms with Crippen LogP contribution in [0, 0.1) is 5.82 Å². The molecule has 1 unspecified atom stereocenters. The van der Waals surface area contributed by atoms with Gasteiger partial charge in [-0.3, -0.25) is 4.79 Å². The van der Waals surface area contributed by atoms with E-state index < -0.39 is 0 Å². The molecule has 1 atom stereocenters. The Morgan fingerprint density at radius 1 is 1.19 bits per heavy atom. The predicted molar refractivity (Wildman–Crippen MR) is 106 cm³/mol. The van der Waals surface area contributed by atoms with Crippen LogP contribution in [0.5, 0.6) is 0 Å². The lowest BCUT2D eigenvalue weighted by Gasteiger charge is -2.25. The third kappa shape index (κ3) is 4.51. The van der Waals surface area contributed by atoms with Gasteiger partial charge >= 0.3 is 0 Å². The van der Waals surface area contributed by atoms with E-state index in [2.05, 4.69) is 4.98 Å². The number of carbonyl (C=O) groups is 1. The van der Waals surface area contributed by atoms with Crippen LogP contribution in [0.4, 0.5) is 4.39 Å². The second-order valence-corrected chi connectivity index (χ2v) is 7.97. The van der Waals surface area contributed by atoms with Gasteiger partial charge in [-0.1, -0.05) is 54.2 Å². The van der Waals surface area contributed by atoms with Crippen LogP contribution in [0.25, 0.3) is 11.3 Å². The van der Waals surface area contributed by atoms with E-state index in [0.29, 0.717) is 5.75 Å². The van der Waals surface area contributed by atoms with Gasteiger partial charge in [-0.2, -0.15) is 0 Å². The Morgan fingerprint density at radius 2 is 1.88 bits per heavy atom. The van der Waals surface area contributed by atoms with E-state index in [4.69, 9.17) is 0 Å². The van der Waals surface area contributed by atoms with Crippen molar-refractivity contribution >= 4 is 29.0 Å². The third-order valence-corrected chi connectivity index (χ3v) is 6.20. The molecule has 0 spiro atoms. The Balaban J connectivity index is 1.58. The maximum atomic E-state index is 13.1. The molecule has 0 aliphatic rings. The molecule has 0 radical (unpaired) electrons. The number of benzene rings is 2. The summed E-state index contributed by atoms with van der Waals surface area (Å²) in [6, 6.07) is 16.1. The molecule has 3 nitrogen and oxygen atoms in total. The van der Waals surface area contributed by atoms with Crippen LogP contribution in [0.2, 0.25) is 0 Å². The van der Waals surface area contributed by atoms with E-state index in [1.807, 2.05) is 42.6 Å². The number of thiazole rings is 1. The maximum absolute atomic E-state index is 13.1. The fourth-order valence-electron chi connectivity index (χ4n) is 2.47. The molecule has 134 valence electrons. The number of rotatable bonds is 6. The van der Waals surface area contributed by atoms with Gasteiger partial charge in [0.2, 0.25) is 5.91 Å². The smallest absolute Gasteiger partial charge is 0.233 e. The number of amides is 1. The molecular weight excluding hydrogens is 367 g/mol. The van der Waals surface area contributed by atoms with Gasteiger partial charge in [0, 0.05) is 18.0 Å². The van der Waals surface area contributed by atoms with E-state index in [0.717, 1.165) is 21.2 Å². The normalized spacial score (nSPS) is 12.0. The predicted octanol–water partition coefficient (Wildman–Crippen LogP) is 5.26. The molecule has 0 aliphatic heterocycles.